The Labute approximate surface area is 140 Å². The Balaban J connectivity index is 2.24. The Bertz CT molecular complexity index is 553. The van der Waals surface area contributed by atoms with Gasteiger partial charge < -0.3 is 0 Å². The first-order valence-electron chi connectivity index (χ1n) is 5.86. The van der Waals surface area contributed by atoms with E-state index in [0.29, 0.717) is 16.0 Å². The molecule has 0 nitrogen and oxygen atoms in total. The van der Waals surface area contributed by atoms with Gasteiger partial charge >= 0.3 is 0 Å². The van der Waals surface area contributed by atoms with Crippen LogP contribution in [-0.2, 0) is 6.42 Å². The lowest BCUT2D eigenvalue weighted by atomic mass is 9.94. The first kappa shape index (κ1) is 15.4. The summed E-state index contributed by atoms with van der Waals surface area (Å²) in [4.78, 5) is 0. The molecule has 0 N–H and O–H groups in total. The van der Waals surface area contributed by atoms with Crippen LogP contribution in [0.2, 0.25) is 10.0 Å². The summed E-state index contributed by atoms with van der Waals surface area (Å²) in [5.41, 5.74) is 2.37. The van der Waals surface area contributed by atoms with Gasteiger partial charge in [-0.15, -0.1) is 0 Å². The van der Waals surface area contributed by atoms with Crippen LogP contribution in [0.15, 0.2) is 46.9 Å². The van der Waals surface area contributed by atoms with Crippen LogP contribution in [0.3, 0.4) is 0 Å². The van der Waals surface area contributed by atoms with Crippen molar-refractivity contribution in [2.24, 2.45) is 0 Å². The van der Waals surface area contributed by atoms with E-state index in [9.17, 15) is 0 Å². The molecule has 0 aliphatic rings. The fourth-order valence-electron chi connectivity index (χ4n) is 1.97. The molecule has 2 rings (SSSR count). The average molecular weight is 423 g/mol. The van der Waals surface area contributed by atoms with Crippen LogP contribution in [0.25, 0.3) is 0 Å². The summed E-state index contributed by atoms with van der Waals surface area (Å²) < 4.78 is 1.09. The van der Waals surface area contributed by atoms with Crippen LogP contribution in [0.1, 0.15) is 17.0 Å². The standard InChI is InChI=1S/C15H12Br2Cl2/c16-9-12(10-4-6-13(17)7-5-10)8-11-2-1-3-14(18)15(11)19/h1-7,12H,8-9H2. The molecule has 2 aromatic carbocycles. The zero-order valence-electron chi connectivity index (χ0n) is 10.0. The molecule has 0 saturated carbocycles. The van der Waals surface area contributed by atoms with Crippen molar-refractivity contribution in [2.75, 3.05) is 5.33 Å². The Kier molecular flexibility index (Phi) is 5.76. The monoisotopic (exact) mass is 420 g/mol. The minimum atomic E-state index is 0.379. The predicted molar refractivity (Wildman–Crippen MR) is 90.8 cm³/mol. The van der Waals surface area contributed by atoms with E-state index in [0.717, 1.165) is 21.8 Å². The third-order valence-corrected chi connectivity index (χ3v) is 5.19. The lowest BCUT2D eigenvalue weighted by Gasteiger charge is -2.16. The third-order valence-electron chi connectivity index (χ3n) is 3.03. The minimum absolute atomic E-state index is 0.379. The summed E-state index contributed by atoms with van der Waals surface area (Å²) in [6, 6.07) is 14.2. The molecule has 0 radical (unpaired) electrons. The summed E-state index contributed by atoms with van der Waals surface area (Å²) >= 11 is 19.3. The molecule has 19 heavy (non-hydrogen) atoms. The van der Waals surface area contributed by atoms with Crippen molar-refractivity contribution >= 4 is 55.1 Å². The summed E-state index contributed by atoms with van der Waals surface area (Å²) in [6.07, 6.45) is 0.867. The number of halogens is 4. The van der Waals surface area contributed by atoms with Gasteiger partial charge in [-0.25, -0.2) is 0 Å². The van der Waals surface area contributed by atoms with Crippen molar-refractivity contribution in [1.29, 1.82) is 0 Å². The number of hydrogen-bond donors (Lipinski definition) is 0. The number of rotatable bonds is 4. The molecule has 2 aromatic rings. The summed E-state index contributed by atoms with van der Waals surface area (Å²) in [5, 5.41) is 2.16. The molecule has 4 heteroatoms. The fourth-order valence-corrected chi connectivity index (χ4v) is 3.23. The van der Waals surface area contributed by atoms with Crippen LogP contribution in [0.4, 0.5) is 0 Å². The molecule has 0 aliphatic heterocycles. The molecule has 0 amide bonds. The Hall–Kier alpha value is -0.0200. The lowest BCUT2D eigenvalue weighted by Crippen LogP contribution is -2.05. The van der Waals surface area contributed by atoms with E-state index < -0.39 is 0 Å². The Morgan fingerprint density at radius 2 is 1.68 bits per heavy atom. The highest BCUT2D eigenvalue weighted by Gasteiger charge is 2.14. The third kappa shape index (κ3) is 3.98. The number of alkyl halides is 1. The first-order chi connectivity index (χ1) is 9.11. The van der Waals surface area contributed by atoms with Gasteiger partial charge in [0.2, 0.25) is 0 Å². The van der Waals surface area contributed by atoms with Crippen molar-refractivity contribution in [3.05, 3.63) is 68.1 Å². The van der Waals surface area contributed by atoms with Gasteiger partial charge in [0.05, 0.1) is 10.0 Å². The van der Waals surface area contributed by atoms with Gasteiger partial charge in [0.15, 0.2) is 0 Å². The van der Waals surface area contributed by atoms with Crippen LogP contribution in [-0.4, -0.2) is 5.33 Å². The fraction of sp³-hybridized carbons (Fsp3) is 0.200. The van der Waals surface area contributed by atoms with Gasteiger partial charge in [0, 0.05) is 9.80 Å². The van der Waals surface area contributed by atoms with Crippen molar-refractivity contribution < 1.29 is 0 Å². The first-order valence-corrected chi connectivity index (χ1v) is 8.53. The van der Waals surface area contributed by atoms with Crippen molar-refractivity contribution in [2.45, 2.75) is 12.3 Å². The van der Waals surface area contributed by atoms with Crippen LogP contribution >= 0.6 is 55.1 Å². The van der Waals surface area contributed by atoms with Crippen LogP contribution < -0.4 is 0 Å². The van der Waals surface area contributed by atoms with Crippen LogP contribution in [0, 0.1) is 0 Å². The quantitative estimate of drug-likeness (QED) is 0.495. The second-order valence-corrected chi connectivity index (χ2v) is 6.67. The highest BCUT2D eigenvalue weighted by Crippen LogP contribution is 2.31. The van der Waals surface area contributed by atoms with E-state index in [4.69, 9.17) is 23.2 Å². The maximum absolute atomic E-state index is 6.25. The van der Waals surface area contributed by atoms with Crippen LogP contribution in [0.5, 0.6) is 0 Å². The van der Waals surface area contributed by atoms with E-state index in [1.165, 1.54) is 5.56 Å². The second kappa shape index (κ2) is 7.12. The number of hydrogen-bond acceptors (Lipinski definition) is 0. The van der Waals surface area contributed by atoms with Gasteiger partial charge in [-0.05, 0) is 41.7 Å². The van der Waals surface area contributed by atoms with Gasteiger partial charge in [0.1, 0.15) is 0 Å². The molecule has 100 valence electrons. The topological polar surface area (TPSA) is 0 Å². The number of benzene rings is 2. The zero-order valence-corrected chi connectivity index (χ0v) is 14.7. The lowest BCUT2D eigenvalue weighted by molar-refractivity contribution is 0.775. The maximum atomic E-state index is 6.25. The Morgan fingerprint density at radius 1 is 1.00 bits per heavy atom. The molecule has 1 atom stereocenters. The van der Waals surface area contributed by atoms with Crippen molar-refractivity contribution in [1.82, 2.24) is 0 Å². The van der Waals surface area contributed by atoms with Gasteiger partial charge in [0.25, 0.3) is 0 Å². The smallest absolute Gasteiger partial charge is 0.0624 e. The minimum Gasteiger partial charge on any atom is -0.0921 e. The molecule has 0 bridgehead atoms. The van der Waals surface area contributed by atoms with E-state index in [1.807, 2.05) is 18.2 Å². The summed E-state index contributed by atoms with van der Waals surface area (Å²) in [5.74, 6) is 0.379. The van der Waals surface area contributed by atoms with Crippen molar-refractivity contribution in [3.8, 4) is 0 Å². The second-order valence-electron chi connectivity index (χ2n) is 4.32. The van der Waals surface area contributed by atoms with E-state index in [2.05, 4.69) is 56.1 Å². The van der Waals surface area contributed by atoms with Gasteiger partial charge in [-0.3, -0.25) is 0 Å². The average Bonchev–Trinajstić information content (AvgIpc) is 2.42. The predicted octanol–water partition coefficient (Wildman–Crippen LogP) is 6.48. The summed E-state index contributed by atoms with van der Waals surface area (Å²) in [7, 11) is 0. The highest BCUT2D eigenvalue weighted by atomic mass is 79.9. The van der Waals surface area contributed by atoms with E-state index in [-0.39, 0.29) is 0 Å². The van der Waals surface area contributed by atoms with Crippen molar-refractivity contribution in [3.63, 3.8) is 0 Å². The molecule has 0 saturated heterocycles. The highest BCUT2D eigenvalue weighted by molar-refractivity contribution is 9.10. The molecule has 0 aromatic heterocycles. The van der Waals surface area contributed by atoms with E-state index in [1.54, 1.807) is 0 Å². The molecule has 0 spiro atoms. The zero-order chi connectivity index (χ0) is 13.8. The molecular formula is C15H12Br2Cl2. The maximum Gasteiger partial charge on any atom is 0.0624 e. The normalized spacial score (nSPS) is 12.4. The molecular weight excluding hydrogens is 411 g/mol. The SMILES string of the molecule is Clc1cccc(CC(CBr)c2ccc(Br)cc2)c1Cl. The molecule has 1 unspecified atom stereocenters. The summed E-state index contributed by atoms with van der Waals surface area (Å²) in [6.45, 7) is 0. The largest absolute Gasteiger partial charge is 0.0921 e. The Morgan fingerprint density at radius 3 is 2.32 bits per heavy atom. The molecule has 0 fully saturated rings. The van der Waals surface area contributed by atoms with Gasteiger partial charge in [-0.2, -0.15) is 0 Å². The molecule has 0 aliphatic carbocycles. The van der Waals surface area contributed by atoms with Gasteiger partial charge in [-0.1, -0.05) is 79.3 Å². The molecule has 0 heterocycles. The van der Waals surface area contributed by atoms with E-state index >= 15 is 0 Å².